The van der Waals surface area contributed by atoms with E-state index < -0.39 is 0 Å². The summed E-state index contributed by atoms with van der Waals surface area (Å²) in [5.74, 6) is 1.42. The summed E-state index contributed by atoms with van der Waals surface area (Å²) in [4.78, 5) is 0. The zero-order valence-electron chi connectivity index (χ0n) is 12.3. The van der Waals surface area contributed by atoms with E-state index in [1.165, 1.54) is 18.4 Å². The van der Waals surface area contributed by atoms with Crippen LogP contribution in [0, 0.1) is 5.92 Å². The Morgan fingerprint density at radius 1 is 1.21 bits per heavy atom. The average Bonchev–Trinajstić information content (AvgIpc) is 2.36. The normalized spacial score (nSPS) is 22.5. The summed E-state index contributed by atoms with van der Waals surface area (Å²) >= 11 is 0. The molecule has 0 atom stereocenters. The van der Waals surface area contributed by atoms with Crippen LogP contribution in [0.25, 0.3) is 0 Å². The molecular formula is C17H27NO. The maximum Gasteiger partial charge on any atom is 0.0489 e. The fourth-order valence-corrected chi connectivity index (χ4v) is 2.58. The van der Waals surface area contributed by atoms with Crippen LogP contribution in [0.2, 0.25) is 0 Å². The van der Waals surface area contributed by atoms with Crippen molar-refractivity contribution in [3.8, 4) is 0 Å². The van der Waals surface area contributed by atoms with Gasteiger partial charge in [-0.3, -0.25) is 0 Å². The highest BCUT2D eigenvalue weighted by molar-refractivity contribution is 5.22. The number of rotatable bonds is 8. The largest absolute Gasteiger partial charge is 0.381 e. The second kappa shape index (κ2) is 7.66. The van der Waals surface area contributed by atoms with Crippen LogP contribution in [0.3, 0.4) is 0 Å². The van der Waals surface area contributed by atoms with E-state index in [1.54, 1.807) is 0 Å². The molecule has 0 unspecified atom stereocenters. The zero-order chi connectivity index (χ0) is 13.5. The standard InChI is InChI=1S/C17H27NO/c1-14(2)13-19-10-6-9-18-17-11-16(12-17)15-7-4-3-5-8-15/h3-5,7-8,14,16-18H,6,9-13H2,1-2H3. The first-order chi connectivity index (χ1) is 9.25. The monoisotopic (exact) mass is 261 g/mol. The molecule has 2 rings (SSSR count). The summed E-state index contributed by atoms with van der Waals surface area (Å²) < 4.78 is 5.58. The van der Waals surface area contributed by atoms with Gasteiger partial charge in [-0.15, -0.1) is 0 Å². The van der Waals surface area contributed by atoms with Gasteiger partial charge in [0.1, 0.15) is 0 Å². The van der Waals surface area contributed by atoms with Crippen molar-refractivity contribution in [2.45, 2.75) is 45.1 Å². The number of hydrogen-bond acceptors (Lipinski definition) is 2. The summed E-state index contributed by atoms with van der Waals surface area (Å²) in [5.41, 5.74) is 1.50. The van der Waals surface area contributed by atoms with Gasteiger partial charge < -0.3 is 10.1 Å². The third-order valence-electron chi connectivity index (χ3n) is 3.76. The molecule has 0 bridgehead atoms. The lowest BCUT2D eigenvalue weighted by molar-refractivity contribution is 0.106. The highest BCUT2D eigenvalue weighted by atomic mass is 16.5. The highest BCUT2D eigenvalue weighted by Crippen LogP contribution is 2.36. The van der Waals surface area contributed by atoms with Gasteiger partial charge in [0.05, 0.1) is 0 Å². The predicted molar refractivity (Wildman–Crippen MR) is 80.5 cm³/mol. The molecule has 0 aromatic heterocycles. The second-order valence-corrected chi connectivity index (χ2v) is 6.05. The molecule has 0 radical (unpaired) electrons. The Balaban J connectivity index is 1.49. The molecule has 1 aromatic rings. The Hall–Kier alpha value is -0.860. The molecular weight excluding hydrogens is 234 g/mol. The minimum atomic E-state index is 0.645. The van der Waals surface area contributed by atoms with E-state index in [1.807, 2.05) is 0 Å². The molecule has 19 heavy (non-hydrogen) atoms. The van der Waals surface area contributed by atoms with Crippen LogP contribution in [0.1, 0.15) is 44.6 Å². The first-order valence-electron chi connectivity index (χ1n) is 7.61. The number of nitrogens with one attached hydrogen (secondary N) is 1. The lowest BCUT2D eigenvalue weighted by Crippen LogP contribution is -2.40. The fraction of sp³-hybridized carbons (Fsp3) is 0.647. The van der Waals surface area contributed by atoms with Gasteiger partial charge in [0.15, 0.2) is 0 Å². The molecule has 0 spiro atoms. The summed E-state index contributed by atoms with van der Waals surface area (Å²) in [6.07, 6.45) is 3.70. The molecule has 1 saturated carbocycles. The van der Waals surface area contributed by atoms with Crippen LogP contribution >= 0.6 is 0 Å². The fourth-order valence-electron chi connectivity index (χ4n) is 2.58. The summed E-state index contributed by atoms with van der Waals surface area (Å²) in [6.45, 7) is 7.25. The zero-order valence-corrected chi connectivity index (χ0v) is 12.3. The van der Waals surface area contributed by atoms with Gasteiger partial charge in [-0.05, 0) is 43.2 Å². The third kappa shape index (κ3) is 4.96. The van der Waals surface area contributed by atoms with Gasteiger partial charge in [-0.25, -0.2) is 0 Å². The van der Waals surface area contributed by atoms with Gasteiger partial charge in [0.25, 0.3) is 0 Å². The van der Waals surface area contributed by atoms with Crippen molar-refractivity contribution >= 4 is 0 Å². The molecule has 0 amide bonds. The van der Waals surface area contributed by atoms with Gasteiger partial charge in [0, 0.05) is 19.3 Å². The summed E-state index contributed by atoms with van der Waals surface area (Å²) in [6, 6.07) is 11.6. The first kappa shape index (κ1) is 14.5. The van der Waals surface area contributed by atoms with E-state index in [0.29, 0.717) is 5.92 Å². The van der Waals surface area contributed by atoms with Crippen molar-refractivity contribution in [2.75, 3.05) is 19.8 Å². The van der Waals surface area contributed by atoms with E-state index in [-0.39, 0.29) is 0 Å². The molecule has 2 heteroatoms. The van der Waals surface area contributed by atoms with Crippen molar-refractivity contribution in [1.29, 1.82) is 0 Å². The van der Waals surface area contributed by atoms with Crippen LogP contribution in [-0.4, -0.2) is 25.8 Å². The maximum atomic E-state index is 5.58. The molecule has 1 aromatic carbocycles. The number of hydrogen-bond donors (Lipinski definition) is 1. The Kier molecular flexibility index (Phi) is 5.87. The van der Waals surface area contributed by atoms with Crippen LogP contribution < -0.4 is 5.32 Å². The lowest BCUT2D eigenvalue weighted by Gasteiger charge is -2.36. The minimum absolute atomic E-state index is 0.645. The van der Waals surface area contributed by atoms with Gasteiger partial charge in [-0.2, -0.15) is 0 Å². The van der Waals surface area contributed by atoms with E-state index >= 15 is 0 Å². The molecule has 0 aliphatic heterocycles. The van der Waals surface area contributed by atoms with Gasteiger partial charge in [-0.1, -0.05) is 44.2 Å². The second-order valence-electron chi connectivity index (χ2n) is 6.05. The van der Waals surface area contributed by atoms with E-state index in [0.717, 1.165) is 38.1 Å². The highest BCUT2D eigenvalue weighted by Gasteiger charge is 2.29. The summed E-state index contributed by atoms with van der Waals surface area (Å²) in [5, 5.41) is 3.63. The van der Waals surface area contributed by atoms with Crippen LogP contribution in [-0.2, 0) is 4.74 Å². The topological polar surface area (TPSA) is 21.3 Å². The Morgan fingerprint density at radius 2 is 1.95 bits per heavy atom. The van der Waals surface area contributed by atoms with Crippen LogP contribution in [0.5, 0.6) is 0 Å². The molecule has 1 aliphatic carbocycles. The van der Waals surface area contributed by atoms with Crippen molar-refractivity contribution in [3.63, 3.8) is 0 Å². The van der Waals surface area contributed by atoms with E-state index in [4.69, 9.17) is 4.74 Å². The molecule has 106 valence electrons. The molecule has 1 N–H and O–H groups in total. The van der Waals surface area contributed by atoms with E-state index in [9.17, 15) is 0 Å². The molecule has 2 nitrogen and oxygen atoms in total. The van der Waals surface area contributed by atoms with E-state index in [2.05, 4.69) is 49.5 Å². The lowest BCUT2D eigenvalue weighted by atomic mass is 9.76. The van der Waals surface area contributed by atoms with Crippen molar-refractivity contribution < 1.29 is 4.74 Å². The SMILES string of the molecule is CC(C)COCCCNC1CC(c2ccccc2)C1. The Morgan fingerprint density at radius 3 is 2.63 bits per heavy atom. The summed E-state index contributed by atoms with van der Waals surface area (Å²) in [7, 11) is 0. The molecule has 0 saturated heterocycles. The van der Waals surface area contributed by atoms with Gasteiger partial charge >= 0.3 is 0 Å². The average molecular weight is 261 g/mol. The van der Waals surface area contributed by atoms with Crippen molar-refractivity contribution in [3.05, 3.63) is 35.9 Å². The minimum Gasteiger partial charge on any atom is -0.381 e. The maximum absolute atomic E-state index is 5.58. The van der Waals surface area contributed by atoms with Gasteiger partial charge in [0.2, 0.25) is 0 Å². The van der Waals surface area contributed by atoms with Crippen LogP contribution in [0.15, 0.2) is 30.3 Å². The third-order valence-corrected chi connectivity index (χ3v) is 3.76. The number of benzene rings is 1. The first-order valence-corrected chi connectivity index (χ1v) is 7.61. The van der Waals surface area contributed by atoms with Crippen LogP contribution in [0.4, 0.5) is 0 Å². The van der Waals surface area contributed by atoms with Crippen molar-refractivity contribution in [2.24, 2.45) is 5.92 Å². The van der Waals surface area contributed by atoms with Crippen molar-refractivity contribution in [1.82, 2.24) is 5.32 Å². The molecule has 1 aliphatic rings. The predicted octanol–water partition coefficient (Wildman–Crippen LogP) is 3.58. The smallest absolute Gasteiger partial charge is 0.0489 e. The number of ether oxygens (including phenoxy) is 1. The molecule has 0 heterocycles. The Bertz CT molecular complexity index is 344. The Labute approximate surface area is 117 Å². The molecule has 1 fully saturated rings. The quantitative estimate of drug-likeness (QED) is 0.722.